The first-order valence-electron chi connectivity index (χ1n) is 6.00. The topological polar surface area (TPSA) is 46.5 Å². The molecule has 1 N–H and O–H groups in total. The van der Waals surface area contributed by atoms with Crippen molar-refractivity contribution in [1.82, 2.24) is 0 Å². The van der Waals surface area contributed by atoms with Gasteiger partial charge in [0.05, 0.1) is 0 Å². The quantitative estimate of drug-likeness (QED) is 0.901. The summed E-state index contributed by atoms with van der Waals surface area (Å²) in [5, 5.41) is 9.67. The number of aromatic carboxylic acids is 1. The molecule has 0 aliphatic rings. The van der Waals surface area contributed by atoms with Gasteiger partial charge < -0.3 is 9.84 Å². The summed E-state index contributed by atoms with van der Waals surface area (Å²) in [4.78, 5) is 11.1. The zero-order chi connectivity index (χ0) is 14.7. The molecule has 0 saturated heterocycles. The van der Waals surface area contributed by atoms with Crippen LogP contribution in [0.5, 0.6) is 11.5 Å². The molecule has 0 fully saturated rings. The largest absolute Gasteiger partial charge is 0.478 e. The Labute approximate surface area is 120 Å². The SMILES string of the molecule is CCc1cc(Oc2ccc(F)cc2C(=O)O)ccc1Cl. The number of aryl methyl sites for hydroxylation is 1. The van der Waals surface area contributed by atoms with Gasteiger partial charge in [-0.1, -0.05) is 18.5 Å². The monoisotopic (exact) mass is 294 g/mol. The van der Waals surface area contributed by atoms with Crippen LogP contribution in [0, 0.1) is 5.82 Å². The Hall–Kier alpha value is -2.07. The minimum atomic E-state index is -1.25. The maximum atomic E-state index is 13.1. The molecule has 0 radical (unpaired) electrons. The van der Waals surface area contributed by atoms with Crippen molar-refractivity contribution in [2.24, 2.45) is 0 Å². The van der Waals surface area contributed by atoms with E-state index in [4.69, 9.17) is 21.4 Å². The Morgan fingerprint density at radius 2 is 2.05 bits per heavy atom. The zero-order valence-electron chi connectivity index (χ0n) is 10.7. The van der Waals surface area contributed by atoms with E-state index in [0.717, 1.165) is 24.1 Å². The summed E-state index contributed by atoms with van der Waals surface area (Å²) in [5.41, 5.74) is 0.668. The standard InChI is InChI=1S/C15H12ClFO3/c1-2-9-7-11(4-5-13(9)16)20-14-6-3-10(17)8-12(14)15(18)19/h3-8H,2H2,1H3,(H,18,19). The first-order chi connectivity index (χ1) is 9.51. The van der Waals surface area contributed by atoms with Crippen LogP contribution in [0.15, 0.2) is 36.4 Å². The van der Waals surface area contributed by atoms with Gasteiger partial charge in [0.25, 0.3) is 0 Å². The molecule has 20 heavy (non-hydrogen) atoms. The predicted octanol–water partition coefficient (Wildman–Crippen LogP) is 4.53. The molecule has 2 aromatic rings. The number of ether oxygens (including phenoxy) is 1. The van der Waals surface area contributed by atoms with Crippen LogP contribution in [0.3, 0.4) is 0 Å². The van der Waals surface area contributed by atoms with E-state index in [1.54, 1.807) is 18.2 Å². The lowest BCUT2D eigenvalue weighted by Gasteiger charge is -2.10. The van der Waals surface area contributed by atoms with Crippen LogP contribution >= 0.6 is 11.6 Å². The Balaban J connectivity index is 2.37. The van der Waals surface area contributed by atoms with E-state index < -0.39 is 11.8 Å². The van der Waals surface area contributed by atoms with Crippen molar-refractivity contribution in [2.45, 2.75) is 13.3 Å². The van der Waals surface area contributed by atoms with Crippen molar-refractivity contribution >= 4 is 17.6 Å². The number of hydrogen-bond acceptors (Lipinski definition) is 2. The highest BCUT2D eigenvalue weighted by molar-refractivity contribution is 6.31. The number of carboxylic acids is 1. The zero-order valence-corrected chi connectivity index (χ0v) is 11.4. The summed E-state index contributed by atoms with van der Waals surface area (Å²) in [6.07, 6.45) is 0.727. The van der Waals surface area contributed by atoms with E-state index >= 15 is 0 Å². The molecule has 0 aliphatic heterocycles. The minimum absolute atomic E-state index is 0.0864. The van der Waals surface area contributed by atoms with Crippen LogP contribution in [0.1, 0.15) is 22.8 Å². The second-order valence-electron chi connectivity index (χ2n) is 4.15. The van der Waals surface area contributed by atoms with E-state index in [9.17, 15) is 9.18 Å². The maximum Gasteiger partial charge on any atom is 0.339 e. The van der Waals surface area contributed by atoms with Gasteiger partial charge in [0, 0.05) is 5.02 Å². The van der Waals surface area contributed by atoms with Gasteiger partial charge in [-0.3, -0.25) is 0 Å². The highest BCUT2D eigenvalue weighted by Gasteiger charge is 2.13. The van der Waals surface area contributed by atoms with Crippen molar-refractivity contribution in [2.75, 3.05) is 0 Å². The summed E-state index contributed by atoms with van der Waals surface area (Å²) in [5.74, 6) is -1.33. The van der Waals surface area contributed by atoms with Crippen LogP contribution < -0.4 is 4.74 Å². The predicted molar refractivity (Wildman–Crippen MR) is 74.3 cm³/mol. The molecule has 0 aromatic heterocycles. The van der Waals surface area contributed by atoms with E-state index in [-0.39, 0.29) is 11.3 Å². The second kappa shape index (κ2) is 5.92. The molecule has 0 unspecified atom stereocenters. The molecule has 0 saturated carbocycles. The van der Waals surface area contributed by atoms with Crippen LogP contribution in [0.25, 0.3) is 0 Å². The maximum absolute atomic E-state index is 13.1. The van der Waals surface area contributed by atoms with E-state index in [1.807, 2.05) is 6.92 Å². The molecule has 0 amide bonds. The van der Waals surface area contributed by atoms with E-state index in [0.29, 0.717) is 10.8 Å². The Morgan fingerprint density at radius 3 is 2.70 bits per heavy atom. The number of halogens is 2. The van der Waals surface area contributed by atoms with Gasteiger partial charge in [0.15, 0.2) is 0 Å². The molecule has 0 aliphatic carbocycles. The molecule has 0 spiro atoms. The normalized spacial score (nSPS) is 10.3. The smallest absolute Gasteiger partial charge is 0.339 e. The number of hydrogen-bond donors (Lipinski definition) is 1. The number of carbonyl (C=O) groups is 1. The van der Waals surface area contributed by atoms with Gasteiger partial charge in [-0.05, 0) is 48.4 Å². The molecule has 0 atom stereocenters. The lowest BCUT2D eigenvalue weighted by molar-refractivity contribution is 0.0693. The molecule has 3 nitrogen and oxygen atoms in total. The molecule has 0 bridgehead atoms. The van der Waals surface area contributed by atoms with Gasteiger partial charge in [0.1, 0.15) is 22.9 Å². The third-order valence-electron chi connectivity index (χ3n) is 2.80. The van der Waals surface area contributed by atoms with Crippen LogP contribution in [-0.4, -0.2) is 11.1 Å². The van der Waals surface area contributed by atoms with Crippen molar-refractivity contribution in [1.29, 1.82) is 0 Å². The lowest BCUT2D eigenvalue weighted by Crippen LogP contribution is -2.01. The molecule has 104 valence electrons. The van der Waals surface area contributed by atoms with E-state index in [2.05, 4.69) is 0 Å². The van der Waals surface area contributed by atoms with Gasteiger partial charge in [-0.25, -0.2) is 9.18 Å². The van der Waals surface area contributed by atoms with Crippen molar-refractivity contribution in [3.63, 3.8) is 0 Å². The number of carboxylic acid groups (broad SMARTS) is 1. The third-order valence-corrected chi connectivity index (χ3v) is 3.17. The number of benzene rings is 2. The third kappa shape index (κ3) is 3.08. The van der Waals surface area contributed by atoms with Crippen molar-refractivity contribution in [3.8, 4) is 11.5 Å². The first kappa shape index (κ1) is 14.3. The number of rotatable bonds is 4. The minimum Gasteiger partial charge on any atom is -0.478 e. The van der Waals surface area contributed by atoms with Crippen LogP contribution in [0.2, 0.25) is 5.02 Å². The highest BCUT2D eigenvalue weighted by Crippen LogP contribution is 2.29. The first-order valence-corrected chi connectivity index (χ1v) is 6.38. The fourth-order valence-corrected chi connectivity index (χ4v) is 2.02. The van der Waals surface area contributed by atoms with Crippen molar-refractivity contribution in [3.05, 3.63) is 58.4 Å². The Kier molecular flexibility index (Phi) is 4.25. The average molecular weight is 295 g/mol. The summed E-state index contributed by atoms with van der Waals surface area (Å²) in [7, 11) is 0. The van der Waals surface area contributed by atoms with Gasteiger partial charge in [-0.15, -0.1) is 0 Å². The Bertz CT molecular complexity index is 656. The van der Waals surface area contributed by atoms with Crippen LogP contribution in [0.4, 0.5) is 4.39 Å². The van der Waals surface area contributed by atoms with Crippen molar-refractivity contribution < 1.29 is 19.0 Å². The molecular formula is C15H12ClFO3. The van der Waals surface area contributed by atoms with Gasteiger partial charge in [-0.2, -0.15) is 0 Å². The Morgan fingerprint density at radius 1 is 1.30 bits per heavy atom. The van der Waals surface area contributed by atoms with Gasteiger partial charge in [0.2, 0.25) is 0 Å². The lowest BCUT2D eigenvalue weighted by atomic mass is 10.1. The average Bonchev–Trinajstić information content (AvgIpc) is 2.42. The summed E-state index contributed by atoms with van der Waals surface area (Å²) < 4.78 is 18.6. The summed E-state index contributed by atoms with van der Waals surface area (Å²) in [6, 6.07) is 8.42. The van der Waals surface area contributed by atoms with E-state index in [1.165, 1.54) is 6.07 Å². The molecule has 5 heteroatoms. The molecular weight excluding hydrogens is 283 g/mol. The molecule has 2 aromatic carbocycles. The highest BCUT2D eigenvalue weighted by atomic mass is 35.5. The molecule has 0 heterocycles. The fraction of sp³-hybridized carbons (Fsp3) is 0.133. The second-order valence-corrected chi connectivity index (χ2v) is 4.56. The summed E-state index contributed by atoms with van der Waals surface area (Å²) in [6.45, 7) is 1.95. The fourth-order valence-electron chi connectivity index (χ4n) is 1.77. The van der Waals surface area contributed by atoms with Gasteiger partial charge >= 0.3 is 5.97 Å². The van der Waals surface area contributed by atoms with Crippen LogP contribution in [-0.2, 0) is 6.42 Å². The molecule has 2 rings (SSSR count). The summed E-state index contributed by atoms with van der Waals surface area (Å²) >= 11 is 6.00.